The molecule has 2 nitrogen and oxygen atoms in total. The van der Waals surface area contributed by atoms with E-state index in [2.05, 4.69) is 36.5 Å². The van der Waals surface area contributed by atoms with E-state index in [0.29, 0.717) is 6.04 Å². The lowest BCUT2D eigenvalue weighted by Crippen LogP contribution is -2.21. The largest absolute Gasteiger partial charge is 0.392 e. The van der Waals surface area contributed by atoms with Crippen molar-refractivity contribution in [1.82, 2.24) is 0 Å². The molecule has 0 aliphatic heterocycles. The summed E-state index contributed by atoms with van der Waals surface area (Å²) in [4.78, 5) is 0. The van der Waals surface area contributed by atoms with Crippen molar-refractivity contribution in [1.29, 1.82) is 0 Å². The third-order valence-corrected chi connectivity index (χ3v) is 3.33. The Morgan fingerprint density at radius 2 is 1.63 bits per heavy atom. The van der Waals surface area contributed by atoms with E-state index < -0.39 is 0 Å². The Bertz CT molecular complexity index is 478. The van der Waals surface area contributed by atoms with E-state index in [-0.39, 0.29) is 6.61 Å². The van der Waals surface area contributed by atoms with Gasteiger partial charge in [-0.1, -0.05) is 49.4 Å². The van der Waals surface area contributed by atoms with Crippen LogP contribution in [0.2, 0.25) is 0 Å². The van der Waals surface area contributed by atoms with Gasteiger partial charge in [0.05, 0.1) is 6.61 Å². The van der Waals surface area contributed by atoms with Gasteiger partial charge in [-0.3, -0.25) is 0 Å². The first-order valence-electron chi connectivity index (χ1n) is 6.82. The van der Waals surface area contributed by atoms with Crippen molar-refractivity contribution >= 4 is 5.69 Å². The number of rotatable bonds is 6. The van der Waals surface area contributed by atoms with Crippen LogP contribution in [0, 0.1) is 0 Å². The predicted octanol–water partition coefficient (Wildman–Crippen LogP) is 3.61. The number of hydrogen-bond acceptors (Lipinski definition) is 2. The monoisotopic (exact) mass is 255 g/mol. The fraction of sp³-hybridized carbons (Fsp3) is 0.294. The van der Waals surface area contributed by atoms with Gasteiger partial charge in [0.15, 0.2) is 0 Å². The molecule has 1 unspecified atom stereocenters. The minimum atomic E-state index is 0.0987. The van der Waals surface area contributed by atoms with Crippen LogP contribution in [0.15, 0.2) is 54.6 Å². The summed E-state index contributed by atoms with van der Waals surface area (Å²) in [6.07, 6.45) is 2.11. The third-order valence-electron chi connectivity index (χ3n) is 3.33. The van der Waals surface area contributed by atoms with Gasteiger partial charge < -0.3 is 10.4 Å². The van der Waals surface area contributed by atoms with E-state index in [9.17, 15) is 0 Å². The first-order valence-corrected chi connectivity index (χ1v) is 6.82. The van der Waals surface area contributed by atoms with Crippen LogP contribution in [-0.2, 0) is 13.0 Å². The Balaban J connectivity index is 1.98. The molecule has 0 bridgehead atoms. The van der Waals surface area contributed by atoms with Crippen LogP contribution < -0.4 is 5.32 Å². The molecule has 2 aromatic rings. The van der Waals surface area contributed by atoms with Crippen LogP contribution in [-0.4, -0.2) is 11.1 Å². The van der Waals surface area contributed by atoms with E-state index in [0.717, 1.165) is 24.1 Å². The number of aliphatic hydroxyl groups excluding tert-OH is 1. The van der Waals surface area contributed by atoms with Crippen molar-refractivity contribution in [2.75, 3.05) is 5.32 Å². The van der Waals surface area contributed by atoms with E-state index in [1.165, 1.54) is 5.56 Å². The van der Waals surface area contributed by atoms with Crippen LogP contribution in [0.1, 0.15) is 24.5 Å². The first-order chi connectivity index (χ1) is 9.31. The van der Waals surface area contributed by atoms with Crippen molar-refractivity contribution in [2.45, 2.75) is 32.4 Å². The van der Waals surface area contributed by atoms with E-state index in [4.69, 9.17) is 5.11 Å². The van der Waals surface area contributed by atoms with Crippen molar-refractivity contribution in [3.8, 4) is 0 Å². The number of benzene rings is 2. The number of nitrogens with one attached hydrogen (secondary N) is 1. The highest BCUT2D eigenvalue weighted by molar-refractivity contribution is 5.45. The molecule has 0 aliphatic carbocycles. The maximum absolute atomic E-state index is 9.03. The van der Waals surface area contributed by atoms with Crippen molar-refractivity contribution < 1.29 is 5.11 Å². The zero-order valence-electron chi connectivity index (χ0n) is 11.3. The average Bonchev–Trinajstić information content (AvgIpc) is 2.48. The summed E-state index contributed by atoms with van der Waals surface area (Å²) in [5, 5.41) is 12.6. The van der Waals surface area contributed by atoms with Crippen LogP contribution in [0.4, 0.5) is 5.69 Å². The zero-order valence-corrected chi connectivity index (χ0v) is 11.3. The molecule has 0 heterocycles. The molecular weight excluding hydrogens is 234 g/mol. The van der Waals surface area contributed by atoms with E-state index in [1.54, 1.807) is 0 Å². The summed E-state index contributed by atoms with van der Waals surface area (Å²) < 4.78 is 0. The summed E-state index contributed by atoms with van der Waals surface area (Å²) in [7, 11) is 0. The highest BCUT2D eigenvalue weighted by atomic mass is 16.3. The van der Waals surface area contributed by atoms with Crippen molar-refractivity contribution in [3.05, 3.63) is 65.7 Å². The Labute approximate surface area is 115 Å². The van der Waals surface area contributed by atoms with Gasteiger partial charge in [0.25, 0.3) is 0 Å². The molecule has 0 aliphatic rings. The Morgan fingerprint density at radius 1 is 0.947 bits per heavy atom. The van der Waals surface area contributed by atoms with Crippen LogP contribution in [0.25, 0.3) is 0 Å². The fourth-order valence-corrected chi connectivity index (χ4v) is 2.14. The second kappa shape index (κ2) is 6.95. The van der Waals surface area contributed by atoms with E-state index >= 15 is 0 Å². The topological polar surface area (TPSA) is 32.3 Å². The maximum atomic E-state index is 9.03. The van der Waals surface area contributed by atoms with Gasteiger partial charge in [-0.05, 0) is 36.1 Å². The molecule has 0 fully saturated rings. The summed E-state index contributed by atoms with van der Waals surface area (Å²) in [5.41, 5.74) is 3.41. The zero-order chi connectivity index (χ0) is 13.5. The Hall–Kier alpha value is -1.80. The quantitative estimate of drug-likeness (QED) is 0.826. The summed E-state index contributed by atoms with van der Waals surface area (Å²) >= 11 is 0. The first kappa shape index (κ1) is 13.6. The second-order valence-electron chi connectivity index (χ2n) is 4.79. The third kappa shape index (κ3) is 4.11. The highest BCUT2D eigenvalue weighted by Gasteiger charge is 2.07. The number of aliphatic hydroxyl groups is 1. The standard InChI is InChI=1S/C17H21NO/c1-2-16(12-14-6-4-3-5-7-14)18-17-10-8-15(13-19)9-11-17/h3-11,16,18-19H,2,12-13H2,1H3. The lowest BCUT2D eigenvalue weighted by Gasteiger charge is -2.18. The predicted molar refractivity (Wildman–Crippen MR) is 80.2 cm³/mol. The lowest BCUT2D eigenvalue weighted by atomic mass is 10.0. The van der Waals surface area contributed by atoms with Gasteiger partial charge in [0.1, 0.15) is 0 Å². The van der Waals surface area contributed by atoms with Gasteiger partial charge in [-0.15, -0.1) is 0 Å². The fourth-order valence-electron chi connectivity index (χ4n) is 2.14. The van der Waals surface area contributed by atoms with Gasteiger partial charge in [-0.2, -0.15) is 0 Å². The lowest BCUT2D eigenvalue weighted by molar-refractivity contribution is 0.282. The number of anilines is 1. The minimum absolute atomic E-state index is 0.0987. The molecule has 0 saturated carbocycles. The van der Waals surface area contributed by atoms with Gasteiger partial charge >= 0.3 is 0 Å². The van der Waals surface area contributed by atoms with Crippen LogP contribution in [0.5, 0.6) is 0 Å². The molecule has 0 radical (unpaired) electrons. The van der Waals surface area contributed by atoms with Gasteiger partial charge in [0, 0.05) is 11.7 Å². The normalized spacial score (nSPS) is 12.1. The van der Waals surface area contributed by atoms with Crippen LogP contribution in [0.3, 0.4) is 0 Å². The molecule has 2 rings (SSSR count). The molecule has 0 amide bonds. The SMILES string of the molecule is CCC(Cc1ccccc1)Nc1ccc(CO)cc1. The van der Waals surface area contributed by atoms with Crippen molar-refractivity contribution in [3.63, 3.8) is 0 Å². The summed E-state index contributed by atoms with van der Waals surface area (Å²) in [6.45, 7) is 2.30. The van der Waals surface area contributed by atoms with E-state index in [1.807, 2.05) is 30.3 Å². The van der Waals surface area contributed by atoms with Gasteiger partial charge in [-0.25, -0.2) is 0 Å². The second-order valence-corrected chi connectivity index (χ2v) is 4.79. The van der Waals surface area contributed by atoms with Crippen LogP contribution >= 0.6 is 0 Å². The summed E-state index contributed by atoms with van der Waals surface area (Å²) in [5.74, 6) is 0. The minimum Gasteiger partial charge on any atom is -0.392 e. The van der Waals surface area contributed by atoms with Gasteiger partial charge in [0.2, 0.25) is 0 Å². The molecule has 0 aromatic heterocycles. The molecule has 19 heavy (non-hydrogen) atoms. The number of hydrogen-bond donors (Lipinski definition) is 2. The molecular formula is C17H21NO. The smallest absolute Gasteiger partial charge is 0.0681 e. The molecule has 2 N–H and O–H groups in total. The molecule has 2 aromatic carbocycles. The average molecular weight is 255 g/mol. The molecule has 0 saturated heterocycles. The molecule has 100 valence electrons. The Kier molecular flexibility index (Phi) is 4.99. The highest BCUT2D eigenvalue weighted by Crippen LogP contribution is 2.14. The molecule has 2 heteroatoms. The van der Waals surface area contributed by atoms with Crippen molar-refractivity contribution in [2.24, 2.45) is 0 Å². The Morgan fingerprint density at radius 3 is 2.21 bits per heavy atom. The molecule has 1 atom stereocenters. The maximum Gasteiger partial charge on any atom is 0.0681 e. The summed E-state index contributed by atoms with van der Waals surface area (Å²) in [6, 6.07) is 18.9. The molecule has 0 spiro atoms.